The normalized spacial score (nSPS) is 15.6. The summed E-state index contributed by atoms with van der Waals surface area (Å²) >= 11 is 4.09. The van der Waals surface area contributed by atoms with Gasteiger partial charge in [-0.05, 0) is 257 Å². The molecule has 0 rings (SSSR count). The number of thiol groups is 1. The van der Waals surface area contributed by atoms with Gasteiger partial charge in [-0.15, -0.1) is 0 Å². The van der Waals surface area contributed by atoms with Gasteiger partial charge in [0.15, 0.2) is 0 Å². The van der Waals surface area contributed by atoms with Gasteiger partial charge < -0.3 is 136 Å². The summed E-state index contributed by atoms with van der Waals surface area (Å²) in [5.41, 5.74) is 40.3. The zero-order valence-electron chi connectivity index (χ0n) is 85.6. The highest BCUT2D eigenvalue weighted by Crippen LogP contribution is 2.18. The molecule has 0 aromatic rings. The molecule has 19 amide bonds. The average molecular weight is 1980 g/mol. The van der Waals surface area contributed by atoms with Crippen LogP contribution in [-0.2, 0) is 91.1 Å². The Morgan fingerprint density at radius 2 is 0.319 bits per heavy atom. The van der Waals surface area contributed by atoms with Crippen LogP contribution in [0.3, 0.4) is 0 Å². The van der Waals surface area contributed by atoms with E-state index in [9.17, 15) is 91.1 Å². The zero-order valence-corrected chi connectivity index (χ0v) is 86.4. The number of hydrogen-bond donors (Lipinski definition) is 26. The molecule has 0 bridgehead atoms. The van der Waals surface area contributed by atoms with Crippen molar-refractivity contribution >= 4 is 125 Å². The number of hydrogen-bond acceptors (Lipinski definition) is 26. The molecule has 0 aliphatic rings. The molecule has 0 spiro atoms. The third-order valence-corrected chi connectivity index (χ3v) is 22.8. The van der Waals surface area contributed by atoms with Crippen molar-refractivity contribution in [2.75, 3.05) is 38.5 Å². The van der Waals surface area contributed by atoms with E-state index in [-0.39, 0.29) is 150 Å². The first-order valence-corrected chi connectivity index (χ1v) is 49.9. The molecule has 0 unspecified atom stereocenters. The second-order valence-electron chi connectivity index (χ2n) is 39.1. The quantitative estimate of drug-likeness (QED) is 0.0222. The lowest BCUT2D eigenvalue weighted by molar-refractivity contribution is -0.136. The number of nitrogens with one attached hydrogen (secondary N) is 18. The first kappa shape index (κ1) is 128. The smallest absolute Gasteiger partial charge is 0.243 e. The van der Waals surface area contributed by atoms with Gasteiger partial charge >= 0.3 is 0 Å². The molecule has 0 aliphatic carbocycles. The highest BCUT2D eigenvalue weighted by atomic mass is 32.1. The van der Waals surface area contributed by atoms with Crippen molar-refractivity contribution in [2.45, 2.75) is 395 Å². The Balaban J connectivity index is 6.78. The fourth-order valence-electron chi connectivity index (χ4n) is 14.5. The summed E-state index contributed by atoms with van der Waals surface area (Å²) in [5.74, 6) is -15.9. The maximum absolute atomic E-state index is 14.5. The van der Waals surface area contributed by atoms with E-state index in [1.165, 1.54) is 41.5 Å². The van der Waals surface area contributed by atoms with Gasteiger partial charge in [0.05, 0.1) is 6.04 Å². The molecular weight excluding hydrogens is 1800 g/mol. The lowest BCUT2D eigenvalue weighted by Crippen LogP contribution is -2.60. The topological polar surface area (TPSA) is 723 Å². The molecule has 138 heavy (non-hydrogen) atoms. The minimum atomic E-state index is -1.37. The lowest BCUT2D eigenvalue weighted by Gasteiger charge is -2.28. The molecule has 0 heterocycles. The number of nitrogens with two attached hydrogens (primary N) is 7. The average Bonchev–Trinajstić information content (AvgIpc) is 0.860. The summed E-state index contributed by atoms with van der Waals surface area (Å²) in [4.78, 5) is 265. The van der Waals surface area contributed by atoms with Gasteiger partial charge in [-0.3, -0.25) is 91.1 Å². The number of carbonyl (C=O) groups is 19. The molecule has 792 valence electrons. The Hall–Kier alpha value is -9.96. The van der Waals surface area contributed by atoms with Crippen LogP contribution in [0, 0.1) is 41.4 Å². The molecule has 44 nitrogen and oxygen atoms in total. The van der Waals surface area contributed by atoms with Gasteiger partial charge in [0, 0.05) is 5.75 Å². The van der Waals surface area contributed by atoms with E-state index in [0.717, 1.165) is 0 Å². The summed E-state index contributed by atoms with van der Waals surface area (Å²) in [7, 11) is 0. The summed E-state index contributed by atoms with van der Waals surface area (Å²) in [6, 6.07) is -23.6. The summed E-state index contributed by atoms with van der Waals surface area (Å²) < 4.78 is 0. The minimum Gasteiger partial charge on any atom is -0.368 e. The fourth-order valence-corrected chi connectivity index (χ4v) is 14.7. The summed E-state index contributed by atoms with van der Waals surface area (Å²) in [6.45, 7) is 34.7. The van der Waals surface area contributed by atoms with E-state index in [0.29, 0.717) is 70.8 Å². The van der Waals surface area contributed by atoms with Crippen LogP contribution in [0.4, 0.5) is 0 Å². The first-order chi connectivity index (χ1) is 64.6. The monoisotopic (exact) mass is 1980 g/mol. The van der Waals surface area contributed by atoms with Crippen LogP contribution in [0.5, 0.6) is 0 Å². The van der Waals surface area contributed by atoms with Crippen LogP contribution in [0.25, 0.3) is 0 Å². The maximum atomic E-state index is 14.5. The van der Waals surface area contributed by atoms with Crippen molar-refractivity contribution in [3.8, 4) is 0 Å². The van der Waals surface area contributed by atoms with Crippen molar-refractivity contribution in [2.24, 2.45) is 81.6 Å². The van der Waals surface area contributed by atoms with E-state index in [2.05, 4.69) is 108 Å². The summed E-state index contributed by atoms with van der Waals surface area (Å²) in [6.07, 6.45) is 5.05. The van der Waals surface area contributed by atoms with Gasteiger partial charge in [0.2, 0.25) is 112 Å². The Kier molecular flexibility index (Phi) is 64.0. The minimum absolute atomic E-state index is 0.00519. The molecule has 0 fully saturated rings. The highest BCUT2D eigenvalue weighted by Gasteiger charge is 2.40. The van der Waals surface area contributed by atoms with Gasteiger partial charge in [-0.1, -0.05) is 96.9 Å². The van der Waals surface area contributed by atoms with Gasteiger partial charge in [-0.25, -0.2) is 0 Å². The molecule has 45 heteroatoms. The molecule has 0 aliphatic heterocycles. The molecule has 19 atom stereocenters. The van der Waals surface area contributed by atoms with Crippen LogP contribution in [-0.4, -0.2) is 266 Å². The first-order valence-electron chi connectivity index (χ1n) is 49.3. The lowest BCUT2D eigenvalue weighted by atomic mass is 10.00. The van der Waals surface area contributed by atoms with Crippen LogP contribution in [0.15, 0.2) is 0 Å². The van der Waals surface area contributed by atoms with E-state index in [4.69, 9.17) is 40.1 Å². The van der Waals surface area contributed by atoms with Gasteiger partial charge in [0.25, 0.3) is 0 Å². The number of amides is 19. The van der Waals surface area contributed by atoms with Crippen LogP contribution in [0.1, 0.15) is 280 Å². The standard InChI is InChI=1S/C93H175N25O19S/c1-49(2)41-68(87(131)101-56(15)75(100)119)116-85(129)66(34-24-29-39-97)110-92(136)73(46-54(11)12)112-77(121)58(17)102-76(120)57(16)103-82(126)63(31-21-26-36-94)108-90(134)71(44-52(7)8)113-78(122)59(18)104-83(127)64(32-22-27-37-95)109-91(135)72(45-53(9)10)114-79(123)60(19)106-89(133)70(43-51(5)6)118-86(130)67(35-25-30-40-98)111-93(137)74(47-55(13)14)115-80(124)61(20)105-88(132)69(42-50(3)4)117-84(128)65(33-23-28-38-96)107-81(125)62(99)48-138/h49-74,138H,21-48,94-99H2,1-20H3,(H2,100,119)(H,101,131)(H,102,120)(H,103,126)(H,104,127)(H,105,132)(H,106,133)(H,107,125)(H,108,134)(H,109,135)(H,110,136)(H,111,137)(H,112,121)(H,113,122)(H,114,123)(H,115,124)(H,116,129)(H,117,128)(H,118,130)/t56-,57-,58-,59-,60-,61-,62-,63-,64-,65-,66-,67-,68-,69-,70-,71-,72-,73-,74-/m0/s1. The van der Waals surface area contributed by atoms with E-state index >= 15 is 0 Å². The van der Waals surface area contributed by atoms with E-state index in [1.54, 1.807) is 69.2 Å². The SMILES string of the molecule is CC(C)C[C@H](NC(=O)[C@H](C)NC(=O)[C@H](CCCCN)NC(=O)[C@H](CC(C)C)NC(=O)[C@H](C)NC(=O)[C@H](CC(C)C)NC(=O)[C@H](CCCCN)NC(=O)[C@H](CC(C)C)NC(=O)[C@H](C)NC(=O)[C@H](CC(C)C)NC(=O)[C@H](CCCCN)NC(=O)[C@@H](N)CS)C(=O)N[C@@H](CCCCN)C(=O)N[C@@H](C)C(=O)N[C@@H](C)C(=O)N[C@@H](CC(C)C)C(=O)N[C@@H](CCCCN)C(=O)N[C@@H](CC(C)C)C(=O)N[C@@H](C)C(N)=O. The molecule has 0 saturated carbocycles. The molecule has 0 aromatic heterocycles. The predicted octanol–water partition coefficient (Wildman–Crippen LogP) is -2.46. The Labute approximate surface area is 822 Å². The number of rotatable bonds is 72. The number of carbonyl (C=O) groups excluding carboxylic acids is 19. The van der Waals surface area contributed by atoms with Crippen molar-refractivity contribution in [3.05, 3.63) is 0 Å². The Morgan fingerprint density at radius 3 is 0.486 bits per heavy atom. The highest BCUT2D eigenvalue weighted by molar-refractivity contribution is 7.80. The van der Waals surface area contributed by atoms with E-state index < -0.39 is 227 Å². The second-order valence-corrected chi connectivity index (χ2v) is 39.5. The van der Waals surface area contributed by atoms with Crippen LogP contribution >= 0.6 is 12.6 Å². The second kappa shape index (κ2) is 69.0. The van der Waals surface area contributed by atoms with E-state index in [1.807, 2.05) is 27.7 Å². The van der Waals surface area contributed by atoms with Crippen molar-refractivity contribution < 1.29 is 91.1 Å². The van der Waals surface area contributed by atoms with Crippen molar-refractivity contribution in [1.82, 2.24) is 95.7 Å². The van der Waals surface area contributed by atoms with Crippen molar-refractivity contribution in [3.63, 3.8) is 0 Å². The zero-order chi connectivity index (χ0) is 106. The third-order valence-electron chi connectivity index (χ3n) is 22.4. The van der Waals surface area contributed by atoms with Gasteiger partial charge in [0.1, 0.15) is 109 Å². The predicted molar refractivity (Wildman–Crippen MR) is 531 cm³/mol. The number of unbranched alkanes of at least 4 members (excludes halogenated alkanes) is 5. The molecule has 0 radical (unpaired) electrons. The number of primary amides is 1. The Morgan fingerprint density at radius 1 is 0.188 bits per heavy atom. The van der Waals surface area contributed by atoms with Crippen LogP contribution < -0.4 is 136 Å². The maximum Gasteiger partial charge on any atom is 0.243 e. The molecule has 0 saturated heterocycles. The van der Waals surface area contributed by atoms with Gasteiger partial charge in [-0.2, -0.15) is 12.6 Å². The molecule has 0 aromatic carbocycles. The fraction of sp³-hybridized carbons (Fsp3) is 0.796. The third kappa shape index (κ3) is 52.9. The molecule has 32 N–H and O–H groups in total. The van der Waals surface area contributed by atoms with Crippen LogP contribution in [0.2, 0.25) is 0 Å². The molecular formula is C93H175N25O19S. The van der Waals surface area contributed by atoms with Crippen molar-refractivity contribution in [1.29, 1.82) is 0 Å². The largest absolute Gasteiger partial charge is 0.368 e. The Bertz CT molecular complexity index is 3840. The summed E-state index contributed by atoms with van der Waals surface area (Å²) in [5, 5.41) is 48.1.